The van der Waals surface area contributed by atoms with E-state index in [2.05, 4.69) is 4.72 Å². The molecule has 0 atom stereocenters. The first kappa shape index (κ1) is 22.6. The summed E-state index contributed by atoms with van der Waals surface area (Å²) in [6.07, 6.45) is 2.59. The van der Waals surface area contributed by atoms with Gasteiger partial charge in [0.05, 0.1) is 10.5 Å². The number of carbonyl (C=O) groups excluding carboxylic acids is 1. The highest BCUT2D eigenvalue weighted by Crippen LogP contribution is 2.25. The number of carboxylic acids is 1. The molecule has 8 nitrogen and oxygen atoms in total. The van der Waals surface area contributed by atoms with Gasteiger partial charge in [0.1, 0.15) is 11.5 Å². The van der Waals surface area contributed by atoms with Gasteiger partial charge in [-0.05, 0) is 48.6 Å². The lowest BCUT2D eigenvalue weighted by atomic mass is 10.1. The van der Waals surface area contributed by atoms with Gasteiger partial charge >= 0.3 is 5.97 Å². The molecule has 3 aromatic rings. The third-order valence-electron chi connectivity index (χ3n) is 4.25. The van der Waals surface area contributed by atoms with Crippen LogP contribution in [0.2, 0.25) is 0 Å². The molecule has 3 N–H and O–H groups in total. The maximum Gasteiger partial charge on any atom is 0.341 e. The molecular formula is C23H19NO7S. The second-order valence-corrected chi connectivity index (χ2v) is 8.25. The van der Waals surface area contributed by atoms with Crippen LogP contribution >= 0.6 is 0 Å². The average Bonchev–Trinajstić information content (AvgIpc) is 2.78. The van der Waals surface area contributed by atoms with Gasteiger partial charge in [-0.3, -0.25) is 9.52 Å². The van der Waals surface area contributed by atoms with Crippen LogP contribution in [0.5, 0.6) is 11.5 Å². The Bertz CT molecular complexity index is 1270. The number of hydrogen-bond donors (Lipinski definition) is 3. The number of phenols is 1. The topological polar surface area (TPSA) is 130 Å². The number of sulfonamides is 1. The number of hydrogen-bond acceptors (Lipinski definition) is 6. The molecular weight excluding hydrogens is 434 g/mol. The van der Waals surface area contributed by atoms with E-state index in [1.165, 1.54) is 42.5 Å². The summed E-state index contributed by atoms with van der Waals surface area (Å²) in [5, 5.41) is 18.9. The van der Waals surface area contributed by atoms with Gasteiger partial charge in [-0.2, -0.15) is 0 Å². The fraction of sp³-hybridized carbons (Fsp3) is 0.0435. The van der Waals surface area contributed by atoms with Crippen LogP contribution in [0.1, 0.15) is 15.9 Å². The van der Waals surface area contributed by atoms with E-state index in [0.29, 0.717) is 5.56 Å². The minimum atomic E-state index is -3.87. The molecule has 0 unspecified atom stereocenters. The van der Waals surface area contributed by atoms with Crippen molar-refractivity contribution >= 4 is 33.5 Å². The Labute approximate surface area is 184 Å². The summed E-state index contributed by atoms with van der Waals surface area (Å²) in [5.74, 6) is -1.78. The van der Waals surface area contributed by atoms with Crippen molar-refractivity contribution in [1.29, 1.82) is 0 Å². The van der Waals surface area contributed by atoms with Crippen LogP contribution < -0.4 is 9.46 Å². The number of anilines is 1. The fourth-order valence-electron chi connectivity index (χ4n) is 2.76. The number of ketones is 1. The lowest BCUT2D eigenvalue weighted by Gasteiger charge is -2.10. The number of carboxylic acid groups (broad SMARTS) is 1. The molecule has 0 aromatic heterocycles. The number of aliphatic carboxylic acids is 1. The Morgan fingerprint density at radius 2 is 1.66 bits per heavy atom. The van der Waals surface area contributed by atoms with Crippen LogP contribution in [-0.2, 0) is 14.8 Å². The van der Waals surface area contributed by atoms with Gasteiger partial charge < -0.3 is 14.9 Å². The molecule has 0 saturated heterocycles. The van der Waals surface area contributed by atoms with Gasteiger partial charge in [0.2, 0.25) is 0 Å². The molecule has 0 aliphatic rings. The van der Waals surface area contributed by atoms with E-state index in [4.69, 9.17) is 9.84 Å². The highest BCUT2D eigenvalue weighted by Gasteiger charge is 2.16. The van der Waals surface area contributed by atoms with Crippen LogP contribution in [0.4, 0.5) is 5.69 Å². The van der Waals surface area contributed by atoms with Gasteiger partial charge in [0.15, 0.2) is 12.4 Å². The normalized spacial score (nSPS) is 11.2. The molecule has 0 spiro atoms. The number of aromatic hydroxyl groups is 1. The minimum absolute atomic E-state index is 0.0545. The first-order valence-corrected chi connectivity index (χ1v) is 10.8. The van der Waals surface area contributed by atoms with Gasteiger partial charge in [-0.1, -0.05) is 36.4 Å². The second-order valence-electron chi connectivity index (χ2n) is 6.57. The number of para-hydroxylation sites is 1. The third kappa shape index (κ3) is 5.73. The predicted molar refractivity (Wildman–Crippen MR) is 118 cm³/mol. The molecule has 32 heavy (non-hydrogen) atoms. The van der Waals surface area contributed by atoms with Crippen molar-refractivity contribution in [2.24, 2.45) is 0 Å². The zero-order chi connectivity index (χ0) is 23.1. The molecule has 3 aromatic carbocycles. The summed E-state index contributed by atoms with van der Waals surface area (Å²) in [6, 6.07) is 18.0. The zero-order valence-corrected chi connectivity index (χ0v) is 17.5. The highest BCUT2D eigenvalue weighted by atomic mass is 32.2. The van der Waals surface area contributed by atoms with E-state index in [1.807, 2.05) is 0 Å². The van der Waals surface area contributed by atoms with Crippen molar-refractivity contribution in [3.05, 3.63) is 90.0 Å². The Kier molecular flexibility index (Phi) is 6.91. The standard InChI is InChI=1S/C23H19NO7S/c25-20(12-10-16-6-4-5-9-22(16)31-15-23(27)28)19-14-17(11-13-21(19)26)24-32(29,30)18-7-2-1-3-8-18/h1-14,24,26H,15H2,(H,27,28)/b12-10+. The SMILES string of the molecule is O=C(O)COc1ccccc1/C=C/C(=O)c1cc(NS(=O)(=O)c2ccccc2)ccc1O. The Balaban J connectivity index is 1.82. The smallest absolute Gasteiger partial charge is 0.341 e. The average molecular weight is 453 g/mol. The predicted octanol–water partition coefficient (Wildman–Crippen LogP) is 3.55. The minimum Gasteiger partial charge on any atom is -0.507 e. The first-order valence-electron chi connectivity index (χ1n) is 9.33. The van der Waals surface area contributed by atoms with Crippen molar-refractivity contribution in [2.45, 2.75) is 4.90 Å². The van der Waals surface area contributed by atoms with Crippen LogP contribution in [0, 0.1) is 0 Å². The lowest BCUT2D eigenvalue weighted by Crippen LogP contribution is -2.13. The summed E-state index contributed by atoms with van der Waals surface area (Å²) in [6.45, 7) is -0.539. The van der Waals surface area contributed by atoms with Gasteiger partial charge in [-0.25, -0.2) is 13.2 Å². The van der Waals surface area contributed by atoms with Gasteiger partial charge in [0.25, 0.3) is 10.0 Å². The molecule has 0 radical (unpaired) electrons. The lowest BCUT2D eigenvalue weighted by molar-refractivity contribution is -0.139. The maximum atomic E-state index is 12.6. The van der Waals surface area contributed by atoms with Crippen LogP contribution in [0.3, 0.4) is 0 Å². The monoisotopic (exact) mass is 453 g/mol. The molecule has 164 valence electrons. The van der Waals surface area contributed by atoms with Crippen molar-refractivity contribution < 1.29 is 33.0 Å². The van der Waals surface area contributed by atoms with Crippen LogP contribution in [0.15, 0.2) is 83.8 Å². The van der Waals surface area contributed by atoms with Gasteiger partial charge in [-0.15, -0.1) is 0 Å². The van der Waals surface area contributed by atoms with Crippen molar-refractivity contribution in [3.8, 4) is 11.5 Å². The molecule has 0 saturated carbocycles. The number of rotatable bonds is 9. The van der Waals surface area contributed by atoms with Gasteiger partial charge in [0, 0.05) is 11.3 Å². The van der Waals surface area contributed by atoms with E-state index in [-0.39, 0.29) is 27.6 Å². The zero-order valence-electron chi connectivity index (χ0n) is 16.6. The van der Waals surface area contributed by atoms with E-state index < -0.39 is 28.4 Å². The third-order valence-corrected chi connectivity index (χ3v) is 5.65. The van der Waals surface area contributed by atoms with E-state index in [1.54, 1.807) is 42.5 Å². The largest absolute Gasteiger partial charge is 0.507 e. The number of phenolic OH excluding ortho intramolecular Hbond substituents is 1. The molecule has 0 bridgehead atoms. The molecule has 0 heterocycles. The second kappa shape index (κ2) is 9.80. The number of carbonyl (C=O) groups is 2. The summed E-state index contributed by atoms with van der Waals surface area (Å²) < 4.78 is 32.6. The molecule has 9 heteroatoms. The van der Waals surface area contributed by atoms with Crippen molar-refractivity contribution in [1.82, 2.24) is 0 Å². The van der Waals surface area contributed by atoms with E-state index in [0.717, 1.165) is 0 Å². The highest BCUT2D eigenvalue weighted by molar-refractivity contribution is 7.92. The number of nitrogens with one attached hydrogen (secondary N) is 1. The maximum absolute atomic E-state index is 12.6. The Hall–Kier alpha value is -4.11. The fourth-order valence-corrected chi connectivity index (χ4v) is 3.83. The van der Waals surface area contributed by atoms with Crippen LogP contribution in [-0.4, -0.2) is 37.0 Å². The molecule has 0 amide bonds. The van der Waals surface area contributed by atoms with Crippen molar-refractivity contribution in [3.63, 3.8) is 0 Å². The summed E-state index contributed by atoms with van der Waals surface area (Å²) in [7, 11) is -3.87. The molecule has 0 aliphatic heterocycles. The Morgan fingerprint density at radius 3 is 2.38 bits per heavy atom. The summed E-state index contributed by atoms with van der Waals surface area (Å²) in [4.78, 5) is 23.4. The van der Waals surface area contributed by atoms with Crippen molar-refractivity contribution in [2.75, 3.05) is 11.3 Å². The number of benzene rings is 3. The quantitative estimate of drug-likeness (QED) is 0.257. The van der Waals surface area contributed by atoms with E-state index in [9.17, 15) is 23.1 Å². The van der Waals surface area contributed by atoms with E-state index >= 15 is 0 Å². The molecule has 3 rings (SSSR count). The Morgan fingerprint density at radius 1 is 0.969 bits per heavy atom. The number of ether oxygens (including phenoxy) is 1. The molecule has 0 aliphatic carbocycles. The summed E-state index contributed by atoms with van der Waals surface area (Å²) in [5.41, 5.74) is 0.453. The summed E-state index contributed by atoms with van der Waals surface area (Å²) >= 11 is 0. The molecule has 0 fully saturated rings. The van der Waals surface area contributed by atoms with Crippen LogP contribution in [0.25, 0.3) is 6.08 Å². The number of allylic oxidation sites excluding steroid dienone is 1. The first-order chi connectivity index (χ1) is 15.3.